The van der Waals surface area contributed by atoms with Gasteiger partial charge >= 0.3 is 11.9 Å². The van der Waals surface area contributed by atoms with E-state index in [1.54, 1.807) is 0 Å². The second-order valence-electron chi connectivity index (χ2n) is 6.85. The van der Waals surface area contributed by atoms with Crippen LogP contribution in [0.2, 0.25) is 0 Å². The number of rotatable bonds is 4. The maximum absolute atomic E-state index is 13.0. The van der Waals surface area contributed by atoms with Crippen molar-refractivity contribution in [3.05, 3.63) is 46.6 Å². The summed E-state index contributed by atoms with van der Waals surface area (Å²) in [6, 6.07) is 2.87. The van der Waals surface area contributed by atoms with Gasteiger partial charge in [-0.1, -0.05) is 6.92 Å². The first-order valence-electron chi connectivity index (χ1n) is 9.36. The van der Waals surface area contributed by atoms with Gasteiger partial charge in [0, 0.05) is 19.3 Å². The molecule has 166 valence electrons. The number of hydrogen-bond acceptors (Lipinski definition) is 7. The van der Waals surface area contributed by atoms with Crippen molar-refractivity contribution in [2.75, 3.05) is 37.0 Å². The molecule has 1 aliphatic rings. The minimum Gasteiger partial charge on any atom is -0.378 e. The van der Waals surface area contributed by atoms with E-state index in [1.807, 2.05) is 4.90 Å². The van der Waals surface area contributed by atoms with E-state index >= 15 is 0 Å². The molecular weight excluding hydrogens is 439 g/mol. The highest BCUT2D eigenvalue weighted by Gasteiger charge is 2.31. The molecule has 4 rings (SSSR count). The molecule has 0 aromatic carbocycles. The zero-order valence-electron chi connectivity index (χ0n) is 16.3. The van der Waals surface area contributed by atoms with E-state index in [9.17, 15) is 26.4 Å². The Morgan fingerprint density at radius 2 is 1.90 bits per heavy atom. The number of aromatic nitrogens is 4. The molecule has 9 nitrogen and oxygen atoms in total. The Kier molecular flexibility index (Phi) is 5.25. The lowest BCUT2D eigenvalue weighted by atomic mass is 10.2. The standard InChI is InChI=1S/C18H18F3N5O4S/c1-2-31(28,29)14-10-13(24-5-7-30-8-6-24)11-22-16(14)26-17(27)25-4-3-12(18(19,20)21)9-15(25)23-26/h3-4,9-11H,2,5-8H2,1H3. The van der Waals surface area contributed by atoms with Crippen LogP contribution in [0.15, 0.2) is 40.3 Å². The highest BCUT2D eigenvalue weighted by atomic mass is 32.2. The van der Waals surface area contributed by atoms with Gasteiger partial charge in [0.1, 0.15) is 4.90 Å². The fourth-order valence-electron chi connectivity index (χ4n) is 3.25. The Bertz CT molecular complexity index is 1290. The molecular formula is C18H18F3N5O4S. The summed E-state index contributed by atoms with van der Waals surface area (Å²) in [7, 11) is -3.83. The van der Waals surface area contributed by atoms with Crippen molar-refractivity contribution in [2.24, 2.45) is 0 Å². The third kappa shape index (κ3) is 3.90. The lowest BCUT2D eigenvalue weighted by molar-refractivity contribution is -0.137. The average Bonchev–Trinajstić information content (AvgIpc) is 3.09. The van der Waals surface area contributed by atoms with Crippen LogP contribution in [0.4, 0.5) is 18.9 Å². The van der Waals surface area contributed by atoms with Gasteiger partial charge < -0.3 is 9.64 Å². The van der Waals surface area contributed by atoms with Gasteiger partial charge in [0.15, 0.2) is 21.3 Å². The van der Waals surface area contributed by atoms with Gasteiger partial charge in [0.05, 0.1) is 36.4 Å². The highest BCUT2D eigenvalue weighted by molar-refractivity contribution is 7.91. The number of alkyl halides is 3. The van der Waals surface area contributed by atoms with Gasteiger partial charge in [0.2, 0.25) is 0 Å². The molecule has 0 atom stereocenters. The summed E-state index contributed by atoms with van der Waals surface area (Å²) < 4.78 is 71.4. The lowest BCUT2D eigenvalue weighted by Gasteiger charge is -2.29. The maximum atomic E-state index is 13.0. The summed E-state index contributed by atoms with van der Waals surface area (Å²) in [5.74, 6) is -0.518. The topological polar surface area (TPSA) is 98.8 Å². The van der Waals surface area contributed by atoms with E-state index in [4.69, 9.17) is 4.74 Å². The molecule has 1 fully saturated rings. The molecule has 3 aromatic heterocycles. The van der Waals surface area contributed by atoms with Crippen LogP contribution in [-0.4, -0.2) is 59.6 Å². The van der Waals surface area contributed by atoms with Gasteiger partial charge in [-0.25, -0.2) is 22.6 Å². The molecule has 0 saturated carbocycles. The van der Waals surface area contributed by atoms with Crippen LogP contribution in [0, 0.1) is 0 Å². The van der Waals surface area contributed by atoms with Crippen molar-refractivity contribution in [1.29, 1.82) is 0 Å². The van der Waals surface area contributed by atoms with Crippen molar-refractivity contribution >= 4 is 21.2 Å². The van der Waals surface area contributed by atoms with E-state index in [0.717, 1.165) is 16.7 Å². The molecule has 3 aromatic rings. The number of fused-ring (bicyclic) bond motifs is 1. The predicted molar refractivity (Wildman–Crippen MR) is 104 cm³/mol. The predicted octanol–water partition coefficient (Wildman–Crippen LogP) is 1.53. The summed E-state index contributed by atoms with van der Waals surface area (Å²) in [5, 5.41) is 3.91. The quantitative estimate of drug-likeness (QED) is 0.586. The van der Waals surface area contributed by atoms with Crippen LogP contribution in [-0.2, 0) is 20.8 Å². The smallest absolute Gasteiger partial charge is 0.378 e. The van der Waals surface area contributed by atoms with E-state index in [1.165, 1.54) is 19.2 Å². The SMILES string of the molecule is CCS(=O)(=O)c1cc(N2CCOCC2)cnc1-n1nc2cc(C(F)(F)F)ccn2c1=O. The van der Waals surface area contributed by atoms with E-state index in [2.05, 4.69) is 10.1 Å². The Morgan fingerprint density at radius 3 is 2.55 bits per heavy atom. The molecule has 31 heavy (non-hydrogen) atoms. The van der Waals surface area contributed by atoms with E-state index in [0.29, 0.717) is 42.7 Å². The summed E-state index contributed by atoms with van der Waals surface area (Å²) in [6.45, 7) is 3.49. The van der Waals surface area contributed by atoms with Crippen LogP contribution in [0.1, 0.15) is 12.5 Å². The third-order valence-corrected chi connectivity index (χ3v) is 6.69. The summed E-state index contributed by atoms with van der Waals surface area (Å²) in [4.78, 5) is 18.6. The van der Waals surface area contributed by atoms with Gasteiger partial charge in [-0.05, 0) is 18.2 Å². The maximum Gasteiger partial charge on any atom is 0.416 e. The molecule has 1 saturated heterocycles. The number of nitrogens with zero attached hydrogens (tertiary/aromatic N) is 5. The summed E-state index contributed by atoms with van der Waals surface area (Å²) >= 11 is 0. The van der Waals surface area contributed by atoms with Crippen LogP contribution < -0.4 is 10.6 Å². The number of sulfone groups is 1. The minimum absolute atomic E-state index is 0.222. The molecule has 0 unspecified atom stereocenters. The van der Waals surface area contributed by atoms with Gasteiger partial charge in [0.25, 0.3) is 0 Å². The number of anilines is 1. The normalized spacial score (nSPS) is 15.5. The first kappa shape index (κ1) is 21.3. The highest BCUT2D eigenvalue weighted by Crippen LogP contribution is 2.30. The zero-order valence-corrected chi connectivity index (χ0v) is 17.1. The van der Waals surface area contributed by atoms with Gasteiger partial charge in [-0.3, -0.25) is 0 Å². The molecule has 0 spiro atoms. The van der Waals surface area contributed by atoms with Crippen LogP contribution in [0.25, 0.3) is 11.5 Å². The first-order valence-corrected chi connectivity index (χ1v) is 11.0. The molecule has 0 bridgehead atoms. The summed E-state index contributed by atoms with van der Waals surface area (Å²) in [5.41, 5.74) is -1.55. The van der Waals surface area contributed by atoms with Crippen LogP contribution in [0.3, 0.4) is 0 Å². The fourth-order valence-corrected chi connectivity index (χ4v) is 4.28. The second kappa shape index (κ2) is 7.64. The molecule has 0 amide bonds. The van der Waals surface area contributed by atoms with Crippen molar-refractivity contribution < 1.29 is 26.3 Å². The molecule has 4 heterocycles. The first-order chi connectivity index (χ1) is 14.6. The molecule has 0 aliphatic carbocycles. The fraction of sp³-hybridized carbons (Fsp3) is 0.389. The second-order valence-corrected chi connectivity index (χ2v) is 9.10. The summed E-state index contributed by atoms with van der Waals surface area (Å²) in [6.07, 6.45) is -2.26. The Hall–Kier alpha value is -2.93. The van der Waals surface area contributed by atoms with Crippen LogP contribution >= 0.6 is 0 Å². The number of morpholine rings is 1. The van der Waals surface area contributed by atoms with E-state index in [-0.39, 0.29) is 22.1 Å². The Balaban J connectivity index is 1.89. The number of pyridine rings is 2. The van der Waals surface area contributed by atoms with Crippen molar-refractivity contribution in [1.82, 2.24) is 19.2 Å². The molecule has 0 radical (unpaired) electrons. The minimum atomic E-state index is -4.61. The van der Waals surface area contributed by atoms with Crippen molar-refractivity contribution in [2.45, 2.75) is 18.0 Å². The monoisotopic (exact) mass is 457 g/mol. The van der Waals surface area contributed by atoms with E-state index < -0.39 is 27.3 Å². The van der Waals surface area contributed by atoms with Gasteiger partial charge in [-0.15, -0.1) is 5.10 Å². The molecule has 1 aliphatic heterocycles. The molecule has 0 N–H and O–H groups in total. The Morgan fingerprint density at radius 1 is 1.19 bits per heavy atom. The largest absolute Gasteiger partial charge is 0.416 e. The van der Waals surface area contributed by atoms with Crippen molar-refractivity contribution in [3.63, 3.8) is 0 Å². The number of ether oxygens (including phenoxy) is 1. The average molecular weight is 457 g/mol. The molecule has 13 heteroatoms. The van der Waals surface area contributed by atoms with Gasteiger partial charge in [-0.2, -0.15) is 17.9 Å². The number of halogens is 3. The Labute approximate surface area is 174 Å². The number of hydrogen-bond donors (Lipinski definition) is 0. The third-order valence-electron chi connectivity index (χ3n) is 4.96. The zero-order chi connectivity index (χ0) is 22.4. The van der Waals surface area contributed by atoms with Crippen molar-refractivity contribution in [3.8, 4) is 5.82 Å². The van der Waals surface area contributed by atoms with Crippen LogP contribution in [0.5, 0.6) is 0 Å². The lowest BCUT2D eigenvalue weighted by Crippen LogP contribution is -2.36.